The molecule has 1 saturated heterocycles. The summed E-state index contributed by atoms with van der Waals surface area (Å²) in [6, 6.07) is 12.0. The van der Waals surface area contributed by atoms with E-state index in [2.05, 4.69) is 15.0 Å². The number of alkyl halides is 3. The van der Waals surface area contributed by atoms with Crippen molar-refractivity contribution in [2.75, 3.05) is 13.1 Å². The van der Waals surface area contributed by atoms with Crippen LogP contribution in [0.2, 0.25) is 0 Å². The van der Waals surface area contributed by atoms with Gasteiger partial charge in [0.25, 0.3) is 5.91 Å². The van der Waals surface area contributed by atoms with Crippen LogP contribution in [0.25, 0.3) is 11.3 Å². The molecule has 2 amide bonds. The largest absolute Gasteiger partial charge is 0.522 e. The van der Waals surface area contributed by atoms with E-state index in [9.17, 15) is 22.8 Å². The third-order valence-electron chi connectivity index (χ3n) is 4.87. The van der Waals surface area contributed by atoms with Crippen LogP contribution in [-0.4, -0.2) is 53.3 Å². The zero-order valence-electron chi connectivity index (χ0n) is 16.4. The van der Waals surface area contributed by atoms with Gasteiger partial charge in [0.15, 0.2) is 0 Å². The van der Waals surface area contributed by atoms with Crippen molar-refractivity contribution in [3.63, 3.8) is 0 Å². The Balaban J connectivity index is 1.52. The molecule has 160 valence electrons. The summed E-state index contributed by atoms with van der Waals surface area (Å²) in [6.07, 6.45) is -4.00. The molecule has 1 aliphatic rings. The molecule has 0 saturated carbocycles. The molecule has 3 rings (SSSR count). The Morgan fingerprint density at radius 3 is 2.37 bits per heavy atom. The Bertz CT molecular complexity index is 865. The Morgan fingerprint density at radius 1 is 1.13 bits per heavy atom. The number of nitrogens with one attached hydrogen (secondary N) is 1. The number of hydrogen-bond acceptors (Lipinski definition) is 4. The molecular weight excluding hydrogens is 399 g/mol. The van der Waals surface area contributed by atoms with Crippen molar-refractivity contribution < 1.29 is 27.5 Å². The van der Waals surface area contributed by atoms with Gasteiger partial charge in [-0.05, 0) is 31.9 Å². The first-order chi connectivity index (χ1) is 14.2. The molecule has 2 aromatic rings. The van der Waals surface area contributed by atoms with Crippen LogP contribution in [0, 0.1) is 0 Å². The van der Waals surface area contributed by atoms with Gasteiger partial charge in [-0.2, -0.15) is 0 Å². The molecule has 1 aliphatic heterocycles. The van der Waals surface area contributed by atoms with Gasteiger partial charge in [-0.3, -0.25) is 19.3 Å². The number of benzene rings is 1. The molecule has 1 aromatic heterocycles. The Morgan fingerprint density at radius 2 is 1.80 bits per heavy atom. The predicted molar refractivity (Wildman–Crippen MR) is 103 cm³/mol. The number of halogens is 3. The molecule has 2 heterocycles. The summed E-state index contributed by atoms with van der Waals surface area (Å²) in [4.78, 5) is 30.7. The van der Waals surface area contributed by atoms with E-state index in [0.29, 0.717) is 5.56 Å². The summed E-state index contributed by atoms with van der Waals surface area (Å²) in [5.41, 5.74) is 1.96. The van der Waals surface area contributed by atoms with Crippen LogP contribution < -0.4 is 5.32 Å². The van der Waals surface area contributed by atoms with Crippen molar-refractivity contribution in [3.05, 3.63) is 54.2 Å². The summed E-state index contributed by atoms with van der Waals surface area (Å²) >= 11 is 0. The lowest BCUT2D eigenvalue weighted by Gasteiger charge is -2.33. The van der Waals surface area contributed by atoms with Gasteiger partial charge in [0.05, 0.1) is 17.4 Å². The monoisotopic (exact) mass is 421 g/mol. The van der Waals surface area contributed by atoms with Gasteiger partial charge < -0.3 is 10.2 Å². The first-order valence-corrected chi connectivity index (χ1v) is 9.58. The number of aromatic nitrogens is 1. The number of pyridine rings is 1. The van der Waals surface area contributed by atoms with Gasteiger partial charge in [0, 0.05) is 24.8 Å². The van der Waals surface area contributed by atoms with Gasteiger partial charge in [-0.25, -0.2) is 0 Å². The van der Waals surface area contributed by atoms with E-state index < -0.39 is 24.4 Å². The van der Waals surface area contributed by atoms with E-state index in [0.717, 1.165) is 11.3 Å². The molecule has 6 nitrogen and oxygen atoms in total. The van der Waals surface area contributed by atoms with E-state index in [4.69, 9.17) is 0 Å². The van der Waals surface area contributed by atoms with Crippen LogP contribution in [0.15, 0.2) is 48.7 Å². The number of carbonyl (C=O) groups is 2. The van der Waals surface area contributed by atoms with Crippen molar-refractivity contribution in [1.82, 2.24) is 15.2 Å². The van der Waals surface area contributed by atoms with Crippen molar-refractivity contribution >= 4 is 11.8 Å². The molecule has 0 bridgehead atoms. The number of hydrogen-bond donors (Lipinski definition) is 1. The summed E-state index contributed by atoms with van der Waals surface area (Å²) in [5.74, 6) is -0.791. The van der Waals surface area contributed by atoms with Crippen molar-refractivity contribution in [1.29, 1.82) is 0 Å². The van der Waals surface area contributed by atoms with Gasteiger partial charge in [0.1, 0.15) is 6.04 Å². The number of ether oxygens (including phenoxy) is 1. The second kappa shape index (κ2) is 9.25. The van der Waals surface area contributed by atoms with Gasteiger partial charge in [-0.1, -0.05) is 30.3 Å². The summed E-state index contributed by atoms with van der Waals surface area (Å²) in [7, 11) is 0. The smallest absolute Gasteiger partial charge is 0.341 e. The molecule has 1 unspecified atom stereocenters. The van der Waals surface area contributed by atoms with Crippen molar-refractivity contribution in [2.45, 2.75) is 38.3 Å². The molecule has 9 heteroatoms. The number of likely N-dealkylation sites (tertiary alicyclic amines) is 1. The highest BCUT2D eigenvalue weighted by atomic mass is 19.4. The van der Waals surface area contributed by atoms with E-state index in [1.807, 2.05) is 30.3 Å². The van der Waals surface area contributed by atoms with Crippen LogP contribution in [0.3, 0.4) is 0 Å². The van der Waals surface area contributed by atoms with Crippen LogP contribution in [0.4, 0.5) is 13.2 Å². The van der Waals surface area contributed by atoms with Crippen molar-refractivity contribution in [3.8, 4) is 11.3 Å². The zero-order valence-corrected chi connectivity index (χ0v) is 16.4. The first kappa shape index (κ1) is 21.8. The number of carbonyl (C=O) groups excluding carboxylic acids is 2. The van der Waals surface area contributed by atoms with E-state index in [1.54, 1.807) is 19.1 Å². The van der Waals surface area contributed by atoms with E-state index >= 15 is 0 Å². The molecule has 1 N–H and O–H groups in total. The minimum atomic E-state index is -4.68. The summed E-state index contributed by atoms with van der Waals surface area (Å²) < 4.78 is 40.9. The average molecular weight is 421 g/mol. The Hall–Kier alpha value is -2.94. The quantitative estimate of drug-likeness (QED) is 0.804. The maximum Gasteiger partial charge on any atom is 0.522 e. The maximum absolute atomic E-state index is 12.5. The molecule has 1 atom stereocenters. The number of amides is 2. The highest BCUT2D eigenvalue weighted by Gasteiger charge is 2.36. The average Bonchev–Trinajstić information content (AvgIpc) is 2.73. The van der Waals surface area contributed by atoms with E-state index in [-0.39, 0.29) is 31.8 Å². The first-order valence-electron chi connectivity index (χ1n) is 9.58. The topological polar surface area (TPSA) is 71.5 Å². The molecule has 30 heavy (non-hydrogen) atoms. The van der Waals surface area contributed by atoms with Crippen molar-refractivity contribution in [2.24, 2.45) is 0 Å². The fraction of sp³-hybridized carbons (Fsp3) is 0.381. The second-order valence-corrected chi connectivity index (χ2v) is 7.08. The second-order valence-electron chi connectivity index (χ2n) is 7.08. The van der Waals surface area contributed by atoms with Crippen LogP contribution in [-0.2, 0) is 9.53 Å². The minimum absolute atomic E-state index is 0.0940. The van der Waals surface area contributed by atoms with Gasteiger partial charge in [-0.15, -0.1) is 13.2 Å². The Kier molecular flexibility index (Phi) is 6.71. The minimum Gasteiger partial charge on any atom is -0.341 e. The standard InChI is InChI=1S/C21H22F3N3O3/c1-14(20(29)27-11-9-17(10-12-27)30-21(22,23)24)26-19(28)16-7-8-18(25-13-16)15-5-3-2-4-6-15/h2-8,13-14,17H,9-12H2,1H3,(H,26,28). The highest BCUT2D eigenvalue weighted by Crippen LogP contribution is 2.24. The molecule has 0 aliphatic carbocycles. The van der Waals surface area contributed by atoms with Crippen LogP contribution in [0.1, 0.15) is 30.1 Å². The van der Waals surface area contributed by atoms with Gasteiger partial charge in [0.2, 0.25) is 5.91 Å². The lowest BCUT2D eigenvalue weighted by Crippen LogP contribution is -2.50. The molecule has 1 fully saturated rings. The van der Waals surface area contributed by atoms with Gasteiger partial charge >= 0.3 is 6.36 Å². The maximum atomic E-state index is 12.5. The third kappa shape index (κ3) is 5.79. The molecule has 1 aromatic carbocycles. The zero-order chi connectivity index (χ0) is 21.7. The SMILES string of the molecule is CC(NC(=O)c1ccc(-c2ccccc2)nc1)C(=O)N1CCC(OC(F)(F)F)CC1. The number of nitrogens with zero attached hydrogens (tertiary/aromatic N) is 2. The summed E-state index contributed by atoms with van der Waals surface area (Å²) in [5, 5.41) is 2.62. The van der Waals surface area contributed by atoms with Crippen LogP contribution >= 0.6 is 0 Å². The molecule has 0 spiro atoms. The fourth-order valence-corrected chi connectivity index (χ4v) is 3.31. The lowest BCUT2D eigenvalue weighted by molar-refractivity contribution is -0.345. The highest BCUT2D eigenvalue weighted by molar-refractivity contribution is 5.97. The molecular formula is C21H22F3N3O3. The fourth-order valence-electron chi connectivity index (χ4n) is 3.31. The predicted octanol–water partition coefficient (Wildman–Crippen LogP) is 3.39. The van der Waals surface area contributed by atoms with Crippen LogP contribution in [0.5, 0.6) is 0 Å². The Labute approximate surface area is 172 Å². The third-order valence-corrected chi connectivity index (χ3v) is 4.87. The number of rotatable bonds is 5. The lowest BCUT2D eigenvalue weighted by atomic mass is 10.1. The summed E-state index contributed by atoms with van der Waals surface area (Å²) in [6.45, 7) is 1.84. The normalized spacial score (nSPS) is 16.2. The van der Waals surface area contributed by atoms with E-state index in [1.165, 1.54) is 11.1 Å². The molecule has 0 radical (unpaired) electrons. The number of piperidine rings is 1.